The van der Waals surface area contributed by atoms with E-state index in [1.807, 2.05) is 6.92 Å². The first-order valence-electron chi connectivity index (χ1n) is 7.89. The summed E-state index contributed by atoms with van der Waals surface area (Å²) in [5, 5.41) is 12.1. The highest BCUT2D eigenvalue weighted by Crippen LogP contribution is 2.26. The molecular formula is C16H32N2O3. The van der Waals surface area contributed by atoms with Crippen molar-refractivity contribution in [2.75, 3.05) is 19.6 Å². The molecule has 0 rings (SSSR count). The van der Waals surface area contributed by atoms with Crippen LogP contribution in [0.2, 0.25) is 0 Å². The molecule has 0 saturated carbocycles. The fourth-order valence-corrected chi connectivity index (χ4v) is 2.44. The lowest BCUT2D eigenvalue weighted by Gasteiger charge is -2.27. The van der Waals surface area contributed by atoms with Crippen LogP contribution in [0.15, 0.2) is 0 Å². The lowest BCUT2D eigenvalue weighted by atomic mass is 9.80. The smallest absolute Gasteiger partial charge is 0.316 e. The molecule has 5 heteroatoms. The quantitative estimate of drug-likeness (QED) is 0.641. The second-order valence-electron chi connectivity index (χ2n) is 6.72. The van der Waals surface area contributed by atoms with Crippen LogP contribution in [0.5, 0.6) is 0 Å². The molecule has 0 aliphatic rings. The summed E-state index contributed by atoms with van der Waals surface area (Å²) in [5.74, 6) is -2.46. The predicted molar refractivity (Wildman–Crippen MR) is 85.2 cm³/mol. The van der Waals surface area contributed by atoms with E-state index in [4.69, 9.17) is 0 Å². The summed E-state index contributed by atoms with van der Waals surface area (Å²) in [7, 11) is 0. The Hall–Kier alpha value is -1.10. The van der Waals surface area contributed by atoms with Crippen LogP contribution in [-0.2, 0) is 9.59 Å². The van der Waals surface area contributed by atoms with E-state index in [2.05, 4.69) is 24.1 Å². The van der Waals surface area contributed by atoms with Crippen molar-refractivity contribution in [3.8, 4) is 0 Å². The standard InChI is InChI=1S/C16H32N2O3/c1-7-18(8-2)11-9-10-12(3)17-14(19)13(15(20)21)16(4,5)6/h12-13H,7-11H2,1-6H3,(H,17,19)(H,20,21). The molecule has 0 saturated heterocycles. The maximum absolute atomic E-state index is 12.1. The second-order valence-corrected chi connectivity index (χ2v) is 6.72. The molecule has 0 aliphatic carbocycles. The number of hydrogen-bond acceptors (Lipinski definition) is 3. The van der Waals surface area contributed by atoms with E-state index in [1.54, 1.807) is 20.8 Å². The molecule has 0 bridgehead atoms. The van der Waals surface area contributed by atoms with Gasteiger partial charge in [0.25, 0.3) is 0 Å². The van der Waals surface area contributed by atoms with Gasteiger partial charge in [-0.1, -0.05) is 34.6 Å². The fourth-order valence-electron chi connectivity index (χ4n) is 2.44. The fraction of sp³-hybridized carbons (Fsp3) is 0.875. The van der Waals surface area contributed by atoms with Gasteiger partial charge < -0.3 is 15.3 Å². The van der Waals surface area contributed by atoms with Gasteiger partial charge in [0, 0.05) is 6.04 Å². The minimum absolute atomic E-state index is 0.00253. The Morgan fingerprint density at radius 2 is 1.71 bits per heavy atom. The molecule has 0 heterocycles. The topological polar surface area (TPSA) is 69.6 Å². The van der Waals surface area contributed by atoms with Crippen molar-refractivity contribution in [3.63, 3.8) is 0 Å². The zero-order valence-corrected chi connectivity index (χ0v) is 14.4. The average molecular weight is 300 g/mol. The number of carbonyl (C=O) groups is 2. The summed E-state index contributed by atoms with van der Waals surface area (Å²) >= 11 is 0. The number of nitrogens with zero attached hydrogens (tertiary/aromatic N) is 1. The summed E-state index contributed by atoms with van der Waals surface area (Å²) < 4.78 is 0. The SMILES string of the molecule is CCN(CC)CCCC(C)NC(=O)C(C(=O)O)C(C)(C)C. The van der Waals surface area contributed by atoms with Crippen molar-refractivity contribution in [2.45, 2.75) is 60.4 Å². The molecular weight excluding hydrogens is 268 g/mol. The van der Waals surface area contributed by atoms with Crippen LogP contribution in [0, 0.1) is 11.3 Å². The highest BCUT2D eigenvalue weighted by Gasteiger charge is 2.37. The molecule has 2 N–H and O–H groups in total. The molecule has 1 amide bonds. The first-order valence-corrected chi connectivity index (χ1v) is 7.89. The van der Waals surface area contributed by atoms with Crippen LogP contribution in [0.1, 0.15) is 54.4 Å². The van der Waals surface area contributed by atoms with E-state index in [-0.39, 0.29) is 11.9 Å². The van der Waals surface area contributed by atoms with Crippen LogP contribution in [0.4, 0.5) is 0 Å². The van der Waals surface area contributed by atoms with Crippen molar-refractivity contribution in [2.24, 2.45) is 11.3 Å². The van der Waals surface area contributed by atoms with Gasteiger partial charge in [0.2, 0.25) is 5.91 Å². The summed E-state index contributed by atoms with van der Waals surface area (Å²) in [6, 6.07) is -0.00253. The molecule has 0 aromatic rings. The molecule has 0 aromatic heterocycles. The lowest BCUT2D eigenvalue weighted by molar-refractivity contribution is -0.151. The number of rotatable bonds is 9. The van der Waals surface area contributed by atoms with Gasteiger partial charge in [-0.2, -0.15) is 0 Å². The molecule has 0 aliphatic heterocycles. The highest BCUT2D eigenvalue weighted by molar-refractivity contribution is 5.97. The predicted octanol–water partition coefficient (Wildman–Crippen LogP) is 2.36. The van der Waals surface area contributed by atoms with Gasteiger partial charge in [-0.3, -0.25) is 9.59 Å². The molecule has 0 aromatic carbocycles. The van der Waals surface area contributed by atoms with Crippen molar-refractivity contribution < 1.29 is 14.7 Å². The van der Waals surface area contributed by atoms with E-state index in [0.29, 0.717) is 0 Å². The van der Waals surface area contributed by atoms with E-state index < -0.39 is 17.3 Å². The van der Waals surface area contributed by atoms with E-state index in [1.165, 1.54) is 0 Å². The molecule has 124 valence electrons. The number of carboxylic acids is 1. The minimum Gasteiger partial charge on any atom is -0.481 e. The largest absolute Gasteiger partial charge is 0.481 e. The molecule has 0 spiro atoms. The monoisotopic (exact) mass is 300 g/mol. The number of carboxylic acid groups (broad SMARTS) is 1. The average Bonchev–Trinajstić information content (AvgIpc) is 2.32. The Bertz CT molecular complexity index is 333. The normalized spacial score (nSPS) is 14.8. The van der Waals surface area contributed by atoms with Crippen molar-refractivity contribution in [3.05, 3.63) is 0 Å². The molecule has 5 nitrogen and oxygen atoms in total. The third kappa shape index (κ3) is 7.46. The summed E-state index contributed by atoms with van der Waals surface area (Å²) in [4.78, 5) is 25.8. The zero-order valence-electron chi connectivity index (χ0n) is 14.4. The van der Waals surface area contributed by atoms with Crippen LogP contribution >= 0.6 is 0 Å². The second kappa shape index (κ2) is 9.03. The van der Waals surface area contributed by atoms with Crippen LogP contribution in [-0.4, -0.2) is 47.6 Å². The van der Waals surface area contributed by atoms with Gasteiger partial charge in [-0.15, -0.1) is 0 Å². The number of hydrogen-bond donors (Lipinski definition) is 2. The Kier molecular flexibility index (Phi) is 8.55. The van der Waals surface area contributed by atoms with E-state index >= 15 is 0 Å². The van der Waals surface area contributed by atoms with Crippen molar-refractivity contribution >= 4 is 11.9 Å². The van der Waals surface area contributed by atoms with Crippen LogP contribution in [0.3, 0.4) is 0 Å². The Morgan fingerprint density at radius 3 is 2.10 bits per heavy atom. The van der Waals surface area contributed by atoms with Gasteiger partial charge in [-0.05, 0) is 44.8 Å². The van der Waals surface area contributed by atoms with Gasteiger partial charge in [-0.25, -0.2) is 0 Å². The van der Waals surface area contributed by atoms with Gasteiger partial charge in [0.1, 0.15) is 5.92 Å². The van der Waals surface area contributed by atoms with Gasteiger partial charge in [0.15, 0.2) is 0 Å². The molecule has 21 heavy (non-hydrogen) atoms. The van der Waals surface area contributed by atoms with Crippen LogP contribution in [0.25, 0.3) is 0 Å². The van der Waals surface area contributed by atoms with Crippen molar-refractivity contribution in [1.29, 1.82) is 0 Å². The summed E-state index contributed by atoms with van der Waals surface area (Å²) in [6.07, 6.45) is 1.86. The Labute approximate surface area is 129 Å². The van der Waals surface area contributed by atoms with Crippen molar-refractivity contribution in [1.82, 2.24) is 10.2 Å². The highest BCUT2D eigenvalue weighted by atomic mass is 16.4. The molecule has 0 radical (unpaired) electrons. The Balaban J connectivity index is 4.34. The molecule has 2 unspecified atom stereocenters. The van der Waals surface area contributed by atoms with Gasteiger partial charge >= 0.3 is 5.97 Å². The minimum atomic E-state index is -1.06. The first-order chi connectivity index (χ1) is 9.63. The first kappa shape index (κ1) is 19.9. The number of nitrogens with one attached hydrogen (secondary N) is 1. The zero-order chi connectivity index (χ0) is 16.6. The lowest BCUT2D eigenvalue weighted by Crippen LogP contribution is -2.45. The summed E-state index contributed by atoms with van der Waals surface area (Å²) in [5.41, 5.74) is -0.586. The van der Waals surface area contributed by atoms with E-state index in [9.17, 15) is 14.7 Å². The maximum atomic E-state index is 12.1. The molecule has 0 fully saturated rings. The number of amides is 1. The van der Waals surface area contributed by atoms with Crippen LogP contribution < -0.4 is 5.32 Å². The maximum Gasteiger partial charge on any atom is 0.316 e. The Morgan fingerprint density at radius 1 is 1.19 bits per heavy atom. The van der Waals surface area contributed by atoms with Gasteiger partial charge in [0.05, 0.1) is 0 Å². The third-order valence-corrected chi connectivity index (χ3v) is 3.77. The van der Waals surface area contributed by atoms with E-state index in [0.717, 1.165) is 32.5 Å². The number of carbonyl (C=O) groups excluding carboxylic acids is 1. The summed E-state index contributed by atoms with van der Waals surface area (Å²) in [6.45, 7) is 14.6. The third-order valence-electron chi connectivity index (χ3n) is 3.77. The number of aliphatic carboxylic acids is 1. The molecule has 2 atom stereocenters.